The molecule has 7 heteroatoms. The number of amides is 1. The molecule has 3 rings (SSSR count). The molecular formula is C26H27NO5S. The molecule has 0 aliphatic heterocycles. The van der Waals surface area contributed by atoms with Gasteiger partial charge in [-0.15, -0.1) is 0 Å². The maximum atomic E-state index is 12.6. The minimum atomic E-state index is -4.01. The summed E-state index contributed by atoms with van der Waals surface area (Å²) in [4.78, 5) is 12.4. The van der Waals surface area contributed by atoms with E-state index >= 15 is 0 Å². The first kappa shape index (κ1) is 24.1. The Balaban J connectivity index is 1.71. The van der Waals surface area contributed by atoms with Crippen LogP contribution >= 0.6 is 0 Å². The molecule has 0 heterocycles. The predicted octanol–water partition coefficient (Wildman–Crippen LogP) is 4.97. The molecule has 0 saturated heterocycles. The van der Waals surface area contributed by atoms with Crippen molar-refractivity contribution in [2.24, 2.45) is 0 Å². The topological polar surface area (TPSA) is 81.7 Å². The fourth-order valence-electron chi connectivity index (χ4n) is 3.31. The molecule has 0 bridgehead atoms. The number of aryl methyl sites for hydroxylation is 2. The third-order valence-electron chi connectivity index (χ3n) is 5.14. The second-order valence-electron chi connectivity index (χ2n) is 7.68. The molecule has 0 unspecified atom stereocenters. The zero-order valence-corrected chi connectivity index (χ0v) is 19.8. The Kier molecular flexibility index (Phi) is 7.55. The summed E-state index contributed by atoms with van der Waals surface area (Å²) in [6.07, 6.45) is 3.05. The smallest absolute Gasteiger partial charge is 0.339 e. The fourth-order valence-corrected chi connectivity index (χ4v) is 4.25. The molecule has 1 amide bonds. The van der Waals surface area contributed by atoms with Crippen LogP contribution in [0.3, 0.4) is 0 Å². The lowest BCUT2D eigenvalue weighted by molar-refractivity contribution is -0.117. The fraction of sp³-hybridized carbons (Fsp3) is 0.192. The average molecular weight is 466 g/mol. The molecule has 33 heavy (non-hydrogen) atoms. The van der Waals surface area contributed by atoms with Crippen LogP contribution in [0.1, 0.15) is 35.2 Å². The van der Waals surface area contributed by atoms with Crippen molar-refractivity contribution in [2.75, 3.05) is 7.11 Å². The summed E-state index contributed by atoms with van der Waals surface area (Å²) in [6, 6.07) is 18.9. The van der Waals surface area contributed by atoms with Crippen LogP contribution in [0.5, 0.6) is 11.5 Å². The highest BCUT2D eigenvalue weighted by atomic mass is 32.2. The van der Waals surface area contributed by atoms with Gasteiger partial charge in [0.05, 0.1) is 13.2 Å². The van der Waals surface area contributed by atoms with Crippen LogP contribution in [0.4, 0.5) is 0 Å². The van der Waals surface area contributed by atoms with Crippen LogP contribution in [0.25, 0.3) is 6.08 Å². The number of hydrogen-bond donors (Lipinski definition) is 1. The molecule has 0 radical (unpaired) electrons. The first-order valence-corrected chi connectivity index (χ1v) is 11.8. The molecule has 3 aromatic carbocycles. The Morgan fingerprint density at radius 3 is 2.33 bits per heavy atom. The number of hydrogen-bond acceptors (Lipinski definition) is 5. The highest BCUT2D eigenvalue weighted by Crippen LogP contribution is 2.31. The summed E-state index contributed by atoms with van der Waals surface area (Å²) >= 11 is 0. The highest BCUT2D eigenvalue weighted by Gasteiger charge is 2.19. The number of nitrogens with one attached hydrogen (secondary N) is 1. The SMILES string of the molecule is COc1cc(/C=C\C(=O)N[C@H](C)c2ccccc2C)ccc1OS(=O)(=O)c1ccc(C)cc1. The molecule has 0 spiro atoms. The van der Waals surface area contributed by atoms with Gasteiger partial charge in [0, 0.05) is 6.08 Å². The Morgan fingerprint density at radius 2 is 1.67 bits per heavy atom. The zero-order valence-electron chi connectivity index (χ0n) is 19.0. The molecule has 0 saturated carbocycles. The minimum absolute atomic E-state index is 0.0542. The van der Waals surface area contributed by atoms with Gasteiger partial charge < -0.3 is 14.2 Å². The van der Waals surface area contributed by atoms with E-state index in [0.29, 0.717) is 5.56 Å². The predicted molar refractivity (Wildman–Crippen MR) is 129 cm³/mol. The third kappa shape index (κ3) is 6.23. The molecule has 3 aromatic rings. The van der Waals surface area contributed by atoms with Crippen LogP contribution in [0, 0.1) is 13.8 Å². The van der Waals surface area contributed by atoms with Gasteiger partial charge >= 0.3 is 10.1 Å². The second kappa shape index (κ2) is 10.4. The quantitative estimate of drug-likeness (QED) is 0.375. The van der Waals surface area contributed by atoms with Gasteiger partial charge in [0.15, 0.2) is 11.5 Å². The standard InChI is InChI=1S/C26H27NO5S/c1-18-9-13-22(14-10-18)33(29,30)32-24-15-11-21(17-25(24)31-4)12-16-26(28)27-20(3)23-8-6-5-7-19(23)2/h5-17,20H,1-4H3,(H,27,28)/b16-12-/t20-/m1/s1. The van der Waals surface area contributed by atoms with Gasteiger partial charge in [0.2, 0.25) is 5.91 Å². The molecule has 0 aliphatic carbocycles. The van der Waals surface area contributed by atoms with Gasteiger partial charge in [0.1, 0.15) is 4.90 Å². The molecular weight excluding hydrogens is 438 g/mol. The Hall–Kier alpha value is -3.58. The summed E-state index contributed by atoms with van der Waals surface area (Å²) in [5.74, 6) is 0.0568. The van der Waals surface area contributed by atoms with E-state index in [-0.39, 0.29) is 28.3 Å². The normalized spacial score (nSPS) is 12.4. The van der Waals surface area contributed by atoms with Crippen LogP contribution in [-0.4, -0.2) is 21.4 Å². The molecule has 0 fully saturated rings. The van der Waals surface area contributed by atoms with Crippen LogP contribution in [-0.2, 0) is 14.9 Å². The van der Waals surface area contributed by atoms with Gasteiger partial charge in [-0.1, -0.05) is 48.0 Å². The molecule has 172 valence electrons. The van der Waals surface area contributed by atoms with Crippen molar-refractivity contribution in [3.8, 4) is 11.5 Å². The van der Waals surface area contributed by atoms with E-state index in [9.17, 15) is 13.2 Å². The number of rotatable bonds is 8. The highest BCUT2D eigenvalue weighted by molar-refractivity contribution is 7.87. The summed E-state index contributed by atoms with van der Waals surface area (Å²) < 4.78 is 35.8. The van der Waals surface area contributed by atoms with Crippen molar-refractivity contribution >= 4 is 22.1 Å². The van der Waals surface area contributed by atoms with Gasteiger partial charge in [-0.05, 0) is 67.8 Å². The maximum absolute atomic E-state index is 12.6. The third-order valence-corrected chi connectivity index (χ3v) is 6.39. The van der Waals surface area contributed by atoms with Gasteiger partial charge in [0.25, 0.3) is 0 Å². The van der Waals surface area contributed by atoms with E-state index in [1.165, 1.54) is 31.4 Å². The van der Waals surface area contributed by atoms with Crippen molar-refractivity contribution in [3.05, 3.63) is 95.1 Å². The van der Waals surface area contributed by atoms with E-state index in [2.05, 4.69) is 5.32 Å². The van der Waals surface area contributed by atoms with Crippen LogP contribution in [0.15, 0.2) is 77.7 Å². The summed E-state index contributed by atoms with van der Waals surface area (Å²) in [6.45, 7) is 5.80. The van der Waals surface area contributed by atoms with E-state index in [0.717, 1.165) is 16.7 Å². The largest absolute Gasteiger partial charge is 0.493 e. The molecule has 0 aromatic heterocycles. The van der Waals surface area contributed by atoms with Crippen molar-refractivity contribution in [2.45, 2.75) is 31.7 Å². The van der Waals surface area contributed by atoms with Gasteiger partial charge in [-0.2, -0.15) is 8.42 Å². The summed E-state index contributed by atoms with van der Waals surface area (Å²) in [7, 11) is -2.59. The van der Waals surface area contributed by atoms with Gasteiger partial charge in [-0.25, -0.2) is 0 Å². The second-order valence-corrected chi connectivity index (χ2v) is 9.23. The van der Waals surface area contributed by atoms with Crippen molar-refractivity contribution < 1.29 is 22.1 Å². The lowest BCUT2D eigenvalue weighted by atomic mass is 10.0. The van der Waals surface area contributed by atoms with Crippen molar-refractivity contribution in [1.29, 1.82) is 0 Å². The monoisotopic (exact) mass is 465 g/mol. The number of methoxy groups -OCH3 is 1. The van der Waals surface area contributed by atoms with Crippen molar-refractivity contribution in [3.63, 3.8) is 0 Å². The molecule has 0 aliphatic rings. The lowest BCUT2D eigenvalue weighted by Gasteiger charge is -2.15. The number of ether oxygens (including phenoxy) is 1. The Labute approximate surface area is 195 Å². The molecule has 6 nitrogen and oxygen atoms in total. The number of carbonyl (C=O) groups is 1. The zero-order chi connectivity index (χ0) is 24.0. The van der Waals surface area contributed by atoms with E-state index in [1.807, 2.05) is 45.0 Å². The number of carbonyl (C=O) groups excluding carboxylic acids is 1. The van der Waals surface area contributed by atoms with Crippen LogP contribution < -0.4 is 14.2 Å². The van der Waals surface area contributed by atoms with Gasteiger partial charge in [-0.3, -0.25) is 4.79 Å². The first-order valence-electron chi connectivity index (χ1n) is 10.4. The lowest BCUT2D eigenvalue weighted by Crippen LogP contribution is -2.25. The van der Waals surface area contributed by atoms with Crippen LogP contribution in [0.2, 0.25) is 0 Å². The number of benzene rings is 3. The van der Waals surface area contributed by atoms with Crippen molar-refractivity contribution in [1.82, 2.24) is 5.32 Å². The molecule has 1 N–H and O–H groups in total. The maximum Gasteiger partial charge on any atom is 0.339 e. The Morgan fingerprint density at radius 1 is 0.970 bits per heavy atom. The van der Waals surface area contributed by atoms with E-state index in [4.69, 9.17) is 8.92 Å². The van der Waals surface area contributed by atoms with E-state index in [1.54, 1.807) is 30.3 Å². The average Bonchev–Trinajstić information content (AvgIpc) is 2.78. The van der Waals surface area contributed by atoms with E-state index < -0.39 is 10.1 Å². The Bertz CT molecular complexity index is 1260. The first-order chi connectivity index (χ1) is 15.7. The molecule has 1 atom stereocenters. The summed E-state index contributed by atoms with van der Waals surface area (Å²) in [5, 5.41) is 2.94. The summed E-state index contributed by atoms with van der Waals surface area (Å²) in [5.41, 5.74) is 3.76. The minimum Gasteiger partial charge on any atom is -0.493 e.